The van der Waals surface area contributed by atoms with Crippen molar-refractivity contribution in [3.63, 3.8) is 0 Å². The number of rotatable bonds is 8. The monoisotopic (exact) mass is 240 g/mol. The summed E-state index contributed by atoms with van der Waals surface area (Å²) in [4.78, 5) is 0. The van der Waals surface area contributed by atoms with Gasteiger partial charge in [-0.05, 0) is 12.8 Å². The molecule has 96 valence electrons. The van der Waals surface area contributed by atoms with Crippen LogP contribution in [0.2, 0.25) is 0 Å². The highest BCUT2D eigenvalue weighted by Gasteiger charge is 2.43. The van der Waals surface area contributed by atoms with Gasteiger partial charge in [-0.25, -0.2) is 0 Å². The Morgan fingerprint density at radius 3 is 2.53 bits per heavy atom. The lowest BCUT2D eigenvalue weighted by molar-refractivity contribution is -0.0992. The second kappa shape index (κ2) is 6.18. The molecule has 0 amide bonds. The molecule has 0 bridgehead atoms. The maximum absolute atomic E-state index is 9.76. The lowest BCUT2D eigenvalue weighted by Gasteiger charge is -2.27. The van der Waals surface area contributed by atoms with Crippen LogP contribution in [0.1, 0.15) is 19.3 Å². The summed E-state index contributed by atoms with van der Waals surface area (Å²) >= 11 is 0. The van der Waals surface area contributed by atoms with E-state index in [-0.39, 0.29) is 18.4 Å². The Bertz CT molecular complexity index is 290. The van der Waals surface area contributed by atoms with Crippen molar-refractivity contribution in [3.8, 4) is 12.3 Å². The van der Waals surface area contributed by atoms with Crippen molar-refractivity contribution >= 4 is 0 Å². The summed E-state index contributed by atoms with van der Waals surface area (Å²) in [6.07, 6.45) is 5.68. The molecule has 1 aliphatic rings. The zero-order chi connectivity index (χ0) is 12.9. The second-order valence-corrected chi connectivity index (χ2v) is 4.64. The Morgan fingerprint density at radius 2 is 2.12 bits per heavy atom. The van der Waals surface area contributed by atoms with E-state index in [1.54, 1.807) is 0 Å². The second-order valence-electron chi connectivity index (χ2n) is 4.64. The zero-order valence-corrected chi connectivity index (χ0v) is 9.88. The van der Waals surface area contributed by atoms with Gasteiger partial charge in [0.05, 0.1) is 19.3 Å². The third-order valence-electron chi connectivity index (χ3n) is 3.16. The van der Waals surface area contributed by atoms with Gasteiger partial charge >= 0.3 is 0 Å². The van der Waals surface area contributed by atoms with E-state index >= 15 is 0 Å². The zero-order valence-electron chi connectivity index (χ0n) is 9.88. The lowest BCUT2D eigenvalue weighted by atomic mass is 10.0. The van der Waals surface area contributed by atoms with Gasteiger partial charge in [0.25, 0.3) is 0 Å². The largest absolute Gasteiger partial charge is 0.396 e. The smallest absolute Gasteiger partial charge is 0.114 e. The van der Waals surface area contributed by atoms with Crippen LogP contribution in [0.15, 0.2) is 12.7 Å². The van der Waals surface area contributed by atoms with Gasteiger partial charge in [-0.3, -0.25) is 0 Å². The Balaban J connectivity index is 2.51. The molecule has 0 aromatic rings. The van der Waals surface area contributed by atoms with Crippen molar-refractivity contribution in [2.24, 2.45) is 5.41 Å². The first-order valence-electron chi connectivity index (χ1n) is 5.73. The summed E-state index contributed by atoms with van der Waals surface area (Å²) in [5.41, 5.74) is -0.186. The molecule has 3 N–H and O–H groups in total. The van der Waals surface area contributed by atoms with E-state index in [4.69, 9.17) is 16.3 Å². The molecular formula is C13H20O4. The first-order chi connectivity index (χ1) is 8.08. The SMILES string of the molecule is C#CC[C@@H](O)[C@H](OCC1(CO)CC1)[C@H](O)C=C. The first kappa shape index (κ1) is 14.2. The van der Waals surface area contributed by atoms with E-state index in [0.717, 1.165) is 12.8 Å². The number of terminal acetylenes is 1. The molecule has 0 unspecified atom stereocenters. The highest BCUT2D eigenvalue weighted by atomic mass is 16.5. The first-order valence-corrected chi connectivity index (χ1v) is 5.73. The van der Waals surface area contributed by atoms with Gasteiger partial charge in [0.1, 0.15) is 12.2 Å². The molecule has 0 heterocycles. The maximum Gasteiger partial charge on any atom is 0.114 e. The maximum atomic E-state index is 9.76. The molecule has 4 nitrogen and oxygen atoms in total. The molecule has 0 radical (unpaired) electrons. The molecule has 0 aromatic carbocycles. The Hall–Kier alpha value is -0.860. The van der Waals surface area contributed by atoms with Crippen LogP contribution >= 0.6 is 0 Å². The van der Waals surface area contributed by atoms with Crippen LogP contribution in [-0.4, -0.2) is 46.8 Å². The summed E-state index contributed by atoms with van der Waals surface area (Å²) in [5.74, 6) is 2.33. The fourth-order valence-corrected chi connectivity index (χ4v) is 1.61. The molecule has 17 heavy (non-hydrogen) atoms. The van der Waals surface area contributed by atoms with E-state index in [2.05, 4.69) is 12.5 Å². The molecule has 1 aliphatic carbocycles. The van der Waals surface area contributed by atoms with Crippen molar-refractivity contribution in [2.45, 2.75) is 37.6 Å². The van der Waals surface area contributed by atoms with Crippen LogP contribution in [-0.2, 0) is 4.74 Å². The summed E-state index contributed by atoms with van der Waals surface area (Å²) in [6.45, 7) is 3.85. The van der Waals surface area contributed by atoms with Crippen LogP contribution in [0.25, 0.3) is 0 Å². The molecule has 1 saturated carbocycles. The molecule has 0 saturated heterocycles. The van der Waals surface area contributed by atoms with Gasteiger partial charge in [-0.2, -0.15) is 0 Å². The van der Waals surface area contributed by atoms with E-state index in [0.29, 0.717) is 6.61 Å². The van der Waals surface area contributed by atoms with Crippen LogP contribution in [0.3, 0.4) is 0 Å². The molecule has 0 aliphatic heterocycles. The van der Waals surface area contributed by atoms with Crippen molar-refractivity contribution in [2.75, 3.05) is 13.2 Å². The van der Waals surface area contributed by atoms with Gasteiger partial charge in [0.15, 0.2) is 0 Å². The fraction of sp³-hybridized carbons (Fsp3) is 0.692. The van der Waals surface area contributed by atoms with Crippen molar-refractivity contribution in [1.29, 1.82) is 0 Å². The van der Waals surface area contributed by atoms with Crippen LogP contribution in [0.5, 0.6) is 0 Å². The molecule has 3 atom stereocenters. The van der Waals surface area contributed by atoms with Crippen molar-refractivity contribution in [3.05, 3.63) is 12.7 Å². The third-order valence-corrected chi connectivity index (χ3v) is 3.16. The highest BCUT2D eigenvalue weighted by molar-refractivity contribution is 4.97. The van der Waals surface area contributed by atoms with Gasteiger partial charge in [-0.1, -0.05) is 6.08 Å². The minimum absolute atomic E-state index is 0.0646. The fourth-order valence-electron chi connectivity index (χ4n) is 1.61. The number of aliphatic hydroxyl groups excluding tert-OH is 3. The molecule has 4 heteroatoms. The topological polar surface area (TPSA) is 69.9 Å². The Morgan fingerprint density at radius 1 is 1.47 bits per heavy atom. The van der Waals surface area contributed by atoms with Crippen LogP contribution in [0, 0.1) is 17.8 Å². The third kappa shape index (κ3) is 3.83. The molecule has 1 rings (SSSR count). The standard InChI is InChI=1S/C13H20O4/c1-3-5-11(16)12(10(15)4-2)17-9-13(8-14)6-7-13/h1,4,10-12,14-16H,2,5-9H2/t10-,11-,12-/m1/s1. The predicted molar refractivity (Wildman–Crippen MR) is 64.2 cm³/mol. The number of aliphatic hydroxyl groups is 3. The highest BCUT2D eigenvalue weighted by Crippen LogP contribution is 2.45. The quantitative estimate of drug-likeness (QED) is 0.415. The van der Waals surface area contributed by atoms with E-state index in [9.17, 15) is 10.2 Å². The molecule has 0 aromatic heterocycles. The van der Waals surface area contributed by atoms with Gasteiger partial charge < -0.3 is 20.1 Å². The van der Waals surface area contributed by atoms with E-state index in [1.807, 2.05) is 0 Å². The molecule has 0 spiro atoms. The average molecular weight is 240 g/mol. The van der Waals surface area contributed by atoms with Crippen LogP contribution in [0.4, 0.5) is 0 Å². The van der Waals surface area contributed by atoms with E-state index < -0.39 is 18.3 Å². The Kier molecular flexibility index (Phi) is 5.16. The number of hydrogen-bond donors (Lipinski definition) is 3. The number of hydrogen-bond acceptors (Lipinski definition) is 4. The minimum atomic E-state index is -0.965. The Labute approximate surface area is 102 Å². The van der Waals surface area contributed by atoms with Gasteiger partial charge in [-0.15, -0.1) is 18.9 Å². The summed E-state index contributed by atoms with van der Waals surface area (Å²) < 4.78 is 5.50. The van der Waals surface area contributed by atoms with E-state index in [1.165, 1.54) is 6.08 Å². The summed E-state index contributed by atoms with van der Waals surface area (Å²) in [6, 6.07) is 0. The van der Waals surface area contributed by atoms with Crippen molar-refractivity contribution in [1.82, 2.24) is 0 Å². The van der Waals surface area contributed by atoms with Crippen LogP contribution < -0.4 is 0 Å². The van der Waals surface area contributed by atoms with Crippen molar-refractivity contribution < 1.29 is 20.1 Å². The lowest BCUT2D eigenvalue weighted by Crippen LogP contribution is -2.40. The molecule has 1 fully saturated rings. The van der Waals surface area contributed by atoms with Gasteiger partial charge in [0, 0.05) is 11.8 Å². The normalized spacial score (nSPS) is 22.2. The minimum Gasteiger partial charge on any atom is -0.396 e. The summed E-state index contributed by atoms with van der Waals surface area (Å²) in [5, 5.41) is 28.6. The predicted octanol–water partition coefficient (Wildman–Crippen LogP) is 0.0752. The average Bonchev–Trinajstić information content (AvgIpc) is 3.10. The van der Waals surface area contributed by atoms with Gasteiger partial charge in [0.2, 0.25) is 0 Å². The molecular weight excluding hydrogens is 220 g/mol. The summed E-state index contributed by atoms with van der Waals surface area (Å²) in [7, 11) is 0. The number of ether oxygens (including phenoxy) is 1.